The van der Waals surface area contributed by atoms with Gasteiger partial charge in [-0.1, -0.05) is 152 Å². The maximum atomic E-state index is 5.11. The summed E-state index contributed by atoms with van der Waals surface area (Å²) in [5.74, 6) is 0. The van der Waals surface area contributed by atoms with E-state index in [0.717, 1.165) is 56.0 Å². The van der Waals surface area contributed by atoms with Crippen LogP contribution in [0.15, 0.2) is 193 Å². The lowest BCUT2D eigenvalue weighted by Gasteiger charge is -2.28. The van der Waals surface area contributed by atoms with Crippen LogP contribution in [0.25, 0.3) is 38.4 Å². The highest BCUT2D eigenvalue weighted by Crippen LogP contribution is 2.53. The van der Waals surface area contributed by atoms with Crippen LogP contribution in [0.4, 0.5) is 17.1 Å². The Balaban J connectivity index is 1.04. The molecular weight excluding hydrogens is 647 g/mol. The second-order valence-corrected chi connectivity index (χ2v) is 13.5. The second kappa shape index (κ2) is 13.0. The highest BCUT2D eigenvalue weighted by molar-refractivity contribution is 6.22. The predicted molar refractivity (Wildman–Crippen MR) is 219 cm³/mol. The van der Waals surface area contributed by atoms with Crippen molar-refractivity contribution in [2.24, 2.45) is 4.99 Å². The van der Waals surface area contributed by atoms with E-state index >= 15 is 0 Å². The first kappa shape index (κ1) is 30.8. The molecule has 1 aromatic heterocycles. The van der Waals surface area contributed by atoms with Crippen molar-refractivity contribution in [1.29, 1.82) is 0 Å². The number of benzene rings is 7. The van der Waals surface area contributed by atoms with Crippen LogP contribution in [0.1, 0.15) is 34.6 Å². The minimum atomic E-state index is -0.179. The molecule has 0 amide bonds. The number of pyridine rings is 1. The summed E-state index contributed by atoms with van der Waals surface area (Å²) in [4.78, 5) is 12.1. The maximum Gasteiger partial charge on any atom is 0.145 e. The molecule has 0 spiro atoms. The first-order valence-electron chi connectivity index (χ1n) is 18.0. The number of hydrogen-bond acceptors (Lipinski definition) is 5. The number of fused-ring (bicyclic) bond motifs is 6. The molecule has 7 aromatic carbocycles. The molecule has 8 aromatic rings. The summed E-state index contributed by atoms with van der Waals surface area (Å²) in [5, 5.41) is 12.4. The third-order valence-electron chi connectivity index (χ3n) is 10.4. The largest absolute Gasteiger partial charge is 0.360 e. The normalized spacial score (nSPS) is 16.4. The summed E-state index contributed by atoms with van der Waals surface area (Å²) < 4.78 is 0. The number of anilines is 3. The molecule has 3 heterocycles. The van der Waals surface area contributed by atoms with E-state index < -0.39 is 0 Å². The van der Waals surface area contributed by atoms with Gasteiger partial charge in [0.2, 0.25) is 0 Å². The number of hydrogen-bond donors (Lipinski definition) is 2. The van der Waals surface area contributed by atoms with Crippen molar-refractivity contribution in [3.63, 3.8) is 0 Å². The van der Waals surface area contributed by atoms with Gasteiger partial charge in [-0.3, -0.25) is 9.98 Å². The van der Waals surface area contributed by atoms with E-state index in [1.54, 1.807) is 0 Å². The Kier molecular flexibility index (Phi) is 7.54. The molecule has 0 bridgehead atoms. The Morgan fingerprint density at radius 2 is 1.13 bits per heavy atom. The van der Waals surface area contributed by atoms with Crippen LogP contribution in [0, 0.1) is 0 Å². The molecule has 5 heteroatoms. The minimum Gasteiger partial charge on any atom is -0.360 e. The van der Waals surface area contributed by atoms with Crippen molar-refractivity contribution in [2.75, 3.05) is 10.2 Å². The van der Waals surface area contributed by atoms with Crippen LogP contribution in [-0.4, -0.2) is 10.7 Å². The zero-order valence-corrected chi connectivity index (χ0v) is 28.9. The smallest absolute Gasteiger partial charge is 0.145 e. The third kappa shape index (κ3) is 5.51. The lowest BCUT2D eigenvalue weighted by molar-refractivity contribution is 0.664. The number of allylic oxidation sites excluding steroid dienone is 1. The van der Waals surface area contributed by atoms with Gasteiger partial charge in [0.05, 0.1) is 17.1 Å². The van der Waals surface area contributed by atoms with E-state index in [4.69, 9.17) is 4.99 Å². The monoisotopic (exact) mass is 681 g/mol. The fraction of sp³-hybridized carbons (Fsp3) is 0.0417. The van der Waals surface area contributed by atoms with Crippen LogP contribution in [-0.2, 0) is 0 Å². The summed E-state index contributed by atoms with van der Waals surface area (Å²) >= 11 is 0. The Morgan fingerprint density at radius 3 is 1.91 bits per heavy atom. The van der Waals surface area contributed by atoms with Gasteiger partial charge < -0.3 is 15.5 Å². The molecule has 2 aliphatic heterocycles. The van der Waals surface area contributed by atoms with Crippen LogP contribution in [0.3, 0.4) is 0 Å². The molecule has 0 aliphatic carbocycles. The molecule has 0 radical (unpaired) electrons. The van der Waals surface area contributed by atoms with E-state index in [1.165, 1.54) is 27.4 Å². The van der Waals surface area contributed by atoms with Gasteiger partial charge in [-0.05, 0) is 68.4 Å². The Hall–Kier alpha value is -6.98. The third-order valence-corrected chi connectivity index (χ3v) is 10.4. The van der Waals surface area contributed by atoms with Gasteiger partial charge in [0, 0.05) is 34.6 Å². The van der Waals surface area contributed by atoms with Gasteiger partial charge >= 0.3 is 0 Å². The predicted octanol–water partition coefficient (Wildman–Crippen LogP) is 11.4. The number of rotatable bonds is 6. The first-order valence-corrected chi connectivity index (χ1v) is 18.0. The topological polar surface area (TPSA) is 52.6 Å². The van der Waals surface area contributed by atoms with Crippen LogP contribution >= 0.6 is 0 Å². The van der Waals surface area contributed by atoms with Crippen LogP contribution in [0.5, 0.6) is 0 Å². The zero-order valence-electron chi connectivity index (χ0n) is 28.9. The number of nitrogens with zero attached hydrogens (tertiary/aromatic N) is 3. The molecule has 2 aliphatic rings. The molecule has 53 heavy (non-hydrogen) atoms. The van der Waals surface area contributed by atoms with Gasteiger partial charge in [0.15, 0.2) is 0 Å². The van der Waals surface area contributed by atoms with Gasteiger partial charge in [0.1, 0.15) is 12.3 Å². The SMILES string of the molecule is C1=C(c2ccc(-c3cccc(N4c5c(c6cnccc6c6ccccc56)NC4c4ccccc4)c3)cc2)NC(c2ccccc2)N=C1c1ccccc1. The van der Waals surface area contributed by atoms with Gasteiger partial charge in [-0.15, -0.1) is 0 Å². The summed E-state index contributed by atoms with van der Waals surface area (Å²) in [6.07, 6.45) is 5.76. The average molecular weight is 682 g/mol. The molecule has 5 nitrogen and oxygen atoms in total. The van der Waals surface area contributed by atoms with Crippen molar-refractivity contribution in [3.05, 3.63) is 211 Å². The molecule has 252 valence electrons. The fourth-order valence-corrected chi connectivity index (χ4v) is 7.83. The van der Waals surface area contributed by atoms with Gasteiger partial charge in [0.25, 0.3) is 0 Å². The Bertz CT molecular complexity index is 2670. The van der Waals surface area contributed by atoms with E-state index in [0.29, 0.717) is 0 Å². The average Bonchev–Trinajstić information content (AvgIpc) is 3.66. The lowest BCUT2D eigenvalue weighted by atomic mass is 9.98. The summed E-state index contributed by atoms with van der Waals surface area (Å²) in [6.45, 7) is 0. The van der Waals surface area contributed by atoms with E-state index in [-0.39, 0.29) is 12.3 Å². The van der Waals surface area contributed by atoms with E-state index in [2.05, 4.69) is 184 Å². The van der Waals surface area contributed by atoms with E-state index in [1.807, 2.05) is 24.5 Å². The molecule has 10 rings (SSSR count). The van der Waals surface area contributed by atoms with Crippen LogP contribution < -0.4 is 15.5 Å². The van der Waals surface area contributed by atoms with Crippen molar-refractivity contribution in [3.8, 4) is 11.1 Å². The standard InChI is InChI=1S/C48H35N5/c1-4-13-33(14-5-1)43-30-44(51-47(50-43)35-15-6-2-7-16-35)34-25-23-32(24-26-34)37-19-12-20-38(29-37)53-46-41-22-11-10-21-39(41)40-27-28-49-31-42(40)45(46)52-48(53)36-17-8-3-9-18-36/h1-31,47-48,51-52H. The van der Waals surface area contributed by atoms with E-state index in [9.17, 15) is 0 Å². The molecule has 2 N–H and O–H groups in total. The number of nitrogens with one attached hydrogen (secondary N) is 2. The molecular formula is C48H35N5. The first-order chi connectivity index (χ1) is 26.3. The van der Waals surface area contributed by atoms with Gasteiger partial charge in [-0.25, -0.2) is 0 Å². The summed E-state index contributed by atoms with van der Waals surface area (Å²) in [5.41, 5.74) is 12.3. The Morgan fingerprint density at radius 1 is 0.491 bits per heavy atom. The second-order valence-electron chi connectivity index (χ2n) is 13.5. The maximum absolute atomic E-state index is 5.11. The zero-order chi connectivity index (χ0) is 35.1. The molecule has 0 fully saturated rings. The Labute approximate surface area is 308 Å². The molecule has 2 unspecified atom stereocenters. The molecule has 0 saturated heterocycles. The van der Waals surface area contributed by atoms with Crippen molar-refractivity contribution in [1.82, 2.24) is 10.3 Å². The minimum absolute atomic E-state index is 0.0969. The fourth-order valence-electron chi connectivity index (χ4n) is 7.83. The van der Waals surface area contributed by atoms with Gasteiger partial charge in [-0.2, -0.15) is 0 Å². The highest BCUT2D eigenvalue weighted by Gasteiger charge is 2.34. The van der Waals surface area contributed by atoms with Crippen molar-refractivity contribution >= 4 is 50.0 Å². The summed E-state index contributed by atoms with van der Waals surface area (Å²) in [6, 6.07) is 60.2. The summed E-state index contributed by atoms with van der Waals surface area (Å²) in [7, 11) is 0. The van der Waals surface area contributed by atoms with Crippen molar-refractivity contribution < 1.29 is 0 Å². The van der Waals surface area contributed by atoms with Crippen LogP contribution in [0.2, 0.25) is 0 Å². The quantitative estimate of drug-likeness (QED) is 0.172. The highest BCUT2D eigenvalue weighted by atomic mass is 15.3. The molecule has 2 atom stereocenters. The molecule has 0 saturated carbocycles. The lowest BCUT2D eigenvalue weighted by Crippen LogP contribution is -2.24. The number of aliphatic imine (C=N–C) groups is 1. The number of aromatic nitrogens is 1. The van der Waals surface area contributed by atoms with Crippen molar-refractivity contribution in [2.45, 2.75) is 12.3 Å².